The van der Waals surface area contributed by atoms with Gasteiger partial charge in [-0.15, -0.1) is 0 Å². The highest BCUT2D eigenvalue weighted by Crippen LogP contribution is 2.19. The summed E-state index contributed by atoms with van der Waals surface area (Å²) in [5.74, 6) is 1.02. The fourth-order valence-electron chi connectivity index (χ4n) is 3.25. The van der Waals surface area contributed by atoms with Crippen LogP contribution in [0.2, 0.25) is 0 Å². The molecular formula is C20H22N6O2. The molecule has 0 saturated carbocycles. The maximum absolute atomic E-state index is 12.5. The summed E-state index contributed by atoms with van der Waals surface area (Å²) in [6.45, 7) is 5.36. The molecule has 0 radical (unpaired) electrons. The van der Waals surface area contributed by atoms with Crippen LogP contribution in [0.1, 0.15) is 11.4 Å². The zero-order valence-corrected chi connectivity index (χ0v) is 15.8. The van der Waals surface area contributed by atoms with Gasteiger partial charge in [0.25, 0.3) is 0 Å². The van der Waals surface area contributed by atoms with E-state index in [0.29, 0.717) is 13.2 Å². The van der Waals surface area contributed by atoms with E-state index >= 15 is 0 Å². The average molecular weight is 378 g/mol. The van der Waals surface area contributed by atoms with E-state index in [9.17, 15) is 4.79 Å². The van der Waals surface area contributed by atoms with Crippen LogP contribution in [0.4, 0.5) is 5.82 Å². The van der Waals surface area contributed by atoms with Crippen LogP contribution in [-0.2, 0) is 22.5 Å². The lowest BCUT2D eigenvalue weighted by Crippen LogP contribution is -2.36. The van der Waals surface area contributed by atoms with Crippen molar-refractivity contribution in [3.8, 4) is 11.3 Å². The number of imidazole rings is 1. The number of Topliss-reactive ketones (excluding diaryl/α,β-unsaturated/α-hetero) is 1. The van der Waals surface area contributed by atoms with E-state index in [1.165, 1.54) is 0 Å². The van der Waals surface area contributed by atoms with E-state index in [-0.39, 0.29) is 18.7 Å². The lowest BCUT2D eigenvalue weighted by Gasteiger charge is -2.27. The van der Waals surface area contributed by atoms with E-state index in [1.54, 1.807) is 31.1 Å². The number of rotatable bonds is 6. The molecular weight excluding hydrogens is 356 g/mol. The van der Waals surface area contributed by atoms with Crippen molar-refractivity contribution in [3.63, 3.8) is 0 Å². The quantitative estimate of drug-likeness (QED) is 0.645. The fourth-order valence-corrected chi connectivity index (χ4v) is 3.25. The summed E-state index contributed by atoms with van der Waals surface area (Å²) in [4.78, 5) is 31.9. The average Bonchev–Trinajstić information content (AvgIpc) is 3.10. The molecule has 1 saturated heterocycles. The van der Waals surface area contributed by atoms with E-state index < -0.39 is 0 Å². The molecule has 4 heterocycles. The normalized spacial score (nSPS) is 14.2. The maximum atomic E-state index is 12.5. The van der Waals surface area contributed by atoms with Crippen LogP contribution in [0.15, 0.2) is 43.2 Å². The Hall–Kier alpha value is -3.13. The number of nitrogens with zero attached hydrogens (tertiary/aromatic N) is 6. The van der Waals surface area contributed by atoms with Gasteiger partial charge >= 0.3 is 0 Å². The summed E-state index contributed by atoms with van der Waals surface area (Å²) in [6, 6.07) is 3.78. The molecule has 0 atom stereocenters. The first-order valence-corrected chi connectivity index (χ1v) is 9.28. The van der Waals surface area contributed by atoms with E-state index in [2.05, 4.69) is 24.8 Å². The van der Waals surface area contributed by atoms with Gasteiger partial charge in [-0.25, -0.2) is 4.98 Å². The zero-order valence-electron chi connectivity index (χ0n) is 15.8. The summed E-state index contributed by atoms with van der Waals surface area (Å²) >= 11 is 0. The Labute approximate surface area is 163 Å². The Morgan fingerprint density at radius 2 is 1.96 bits per heavy atom. The molecule has 3 aromatic rings. The van der Waals surface area contributed by atoms with Gasteiger partial charge in [-0.2, -0.15) is 0 Å². The number of carbonyl (C=O) groups excluding carboxylic acids is 1. The molecule has 4 rings (SSSR count). The molecule has 8 nitrogen and oxygen atoms in total. The van der Waals surface area contributed by atoms with Gasteiger partial charge in [0.1, 0.15) is 5.82 Å². The molecule has 1 fully saturated rings. The first-order chi connectivity index (χ1) is 13.7. The molecule has 1 aliphatic rings. The fraction of sp³-hybridized carbons (Fsp3) is 0.350. The Kier molecular flexibility index (Phi) is 5.38. The minimum atomic E-state index is 0.0915. The molecule has 8 heteroatoms. The number of ether oxygens (including phenoxy) is 1. The van der Waals surface area contributed by atoms with Crippen molar-refractivity contribution >= 4 is 11.6 Å². The second-order valence-corrected chi connectivity index (χ2v) is 6.73. The zero-order chi connectivity index (χ0) is 19.3. The summed E-state index contributed by atoms with van der Waals surface area (Å²) in [5.41, 5.74) is 3.38. The molecule has 144 valence electrons. The molecule has 1 aliphatic heterocycles. The van der Waals surface area contributed by atoms with Crippen LogP contribution in [-0.4, -0.2) is 56.6 Å². The third-order valence-corrected chi connectivity index (χ3v) is 4.79. The van der Waals surface area contributed by atoms with Crippen LogP contribution in [0.3, 0.4) is 0 Å². The third-order valence-electron chi connectivity index (χ3n) is 4.79. The molecule has 0 bridgehead atoms. The molecule has 0 spiro atoms. The molecule has 0 aliphatic carbocycles. The number of morpholine rings is 1. The first kappa shape index (κ1) is 18.2. The largest absolute Gasteiger partial charge is 0.378 e. The summed E-state index contributed by atoms with van der Waals surface area (Å²) < 4.78 is 7.29. The first-order valence-electron chi connectivity index (χ1n) is 9.28. The van der Waals surface area contributed by atoms with Gasteiger partial charge < -0.3 is 14.2 Å². The van der Waals surface area contributed by atoms with Crippen LogP contribution in [0, 0.1) is 6.92 Å². The third kappa shape index (κ3) is 4.07. The monoisotopic (exact) mass is 378 g/mol. The van der Waals surface area contributed by atoms with Crippen LogP contribution in [0.25, 0.3) is 11.3 Å². The SMILES string of the molecule is Cc1c(N2CCOCC2)ncn1CC(=O)Cc1ccc(-c2cnccn2)cn1. The predicted molar refractivity (Wildman–Crippen MR) is 104 cm³/mol. The highest BCUT2D eigenvalue weighted by molar-refractivity contribution is 5.80. The van der Waals surface area contributed by atoms with Crippen molar-refractivity contribution in [2.45, 2.75) is 19.9 Å². The van der Waals surface area contributed by atoms with Crippen molar-refractivity contribution in [2.24, 2.45) is 0 Å². The number of hydrogen-bond donors (Lipinski definition) is 0. The van der Waals surface area contributed by atoms with Crippen LogP contribution < -0.4 is 4.90 Å². The second kappa shape index (κ2) is 8.26. The number of pyridine rings is 1. The topological polar surface area (TPSA) is 86.0 Å². The minimum absolute atomic E-state index is 0.0915. The van der Waals surface area contributed by atoms with Crippen LogP contribution in [0.5, 0.6) is 0 Å². The highest BCUT2D eigenvalue weighted by atomic mass is 16.5. The van der Waals surface area contributed by atoms with Crippen molar-refractivity contribution in [3.05, 3.63) is 54.6 Å². The molecule has 0 amide bonds. The van der Waals surface area contributed by atoms with Crippen molar-refractivity contribution in [1.82, 2.24) is 24.5 Å². The number of hydrogen-bond acceptors (Lipinski definition) is 7. The van der Waals surface area contributed by atoms with E-state index in [4.69, 9.17) is 4.74 Å². The second-order valence-electron chi connectivity index (χ2n) is 6.73. The van der Waals surface area contributed by atoms with Gasteiger partial charge in [0.15, 0.2) is 5.78 Å². The molecule has 3 aromatic heterocycles. The van der Waals surface area contributed by atoms with Gasteiger partial charge in [0.2, 0.25) is 0 Å². The number of ketones is 1. The Bertz CT molecular complexity index is 933. The van der Waals surface area contributed by atoms with E-state index in [0.717, 1.165) is 41.6 Å². The van der Waals surface area contributed by atoms with Crippen LogP contribution >= 0.6 is 0 Å². The van der Waals surface area contributed by atoms with Gasteiger partial charge in [-0.05, 0) is 19.1 Å². The number of aromatic nitrogens is 5. The lowest BCUT2D eigenvalue weighted by molar-refractivity contribution is -0.119. The summed E-state index contributed by atoms with van der Waals surface area (Å²) in [5, 5.41) is 0. The molecule has 28 heavy (non-hydrogen) atoms. The highest BCUT2D eigenvalue weighted by Gasteiger charge is 2.18. The van der Waals surface area contributed by atoms with Crippen molar-refractivity contribution < 1.29 is 9.53 Å². The lowest BCUT2D eigenvalue weighted by atomic mass is 10.1. The van der Waals surface area contributed by atoms with Gasteiger partial charge in [0.05, 0.1) is 50.1 Å². The van der Waals surface area contributed by atoms with Gasteiger partial charge in [0, 0.05) is 42.9 Å². The van der Waals surface area contributed by atoms with Crippen molar-refractivity contribution in [2.75, 3.05) is 31.2 Å². The smallest absolute Gasteiger partial charge is 0.158 e. The van der Waals surface area contributed by atoms with Crippen molar-refractivity contribution in [1.29, 1.82) is 0 Å². The Morgan fingerprint density at radius 1 is 1.11 bits per heavy atom. The van der Waals surface area contributed by atoms with Gasteiger partial charge in [-0.3, -0.25) is 19.7 Å². The predicted octanol–water partition coefficient (Wildman–Crippen LogP) is 1.69. The number of carbonyl (C=O) groups is 1. The van der Waals surface area contributed by atoms with E-state index in [1.807, 2.05) is 23.6 Å². The van der Waals surface area contributed by atoms with Gasteiger partial charge in [-0.1, -0.05) is 0 Å². The Morgan fingerprint density at radius 3 is 2.68 bits per heavy atom. The molecule has 0 unspecified atom stereocenters. The Balaban J connectivity index is 1.39. The summed E-state index contributed by atoms with van der Waals surface area (Å²) in [7, 11) is 0. The number of anilines is 1. The minimum Gasteiger partial charge on any atom is -0.378 e. The maximum Gasteiger partial charge on any atom is 0.158 e. The molecule has 0 N–H and O–H groups in total. The molecule has 0 aromatic carbocycles. The standard InChI is InChI=1S/C20H22N6O2/c1-15-20(25-6-8-28-9-7-25)24-14-26(15)13-18(27)10-17-3-2-16(11-23-17)19-12-21-4-5-22-19/h2-5,11-12,14H,6-10,13H2,1H3. The summed E-state index contributed by atoms with van der Waals surface area (Å²) in [6.07, 6.45) is 8.72.